The fourth-order valence-corrected chi connectivity index (χ4v) is 5.80. The minimum Gasteiger partial charge on any atom is -0.333 e. The molecule has 32 heavy (non-hydrogen) atoms. The van der Waals surface area contributed by atoms with E-state index in [1.54, 1.807) is 0 Å². The molecule has 0 fully saturated rings. The first kappa shape index (κ1) is 17.9. The average molecular weight is 413 g/mol. The smallest absolute Gasteiger partial charge is 0.0580 e. The summed E-state index contributed by atoms with van der Waals surface area (Å²) in [7, 11) is 0. The van der Waals surface area contributed by atoms with Crippen LogP contribution < -0.4 is 0 Å². The van der Waals surface area contributed by atoms with E-state index < -0.39 is 0 Å². The standard InChI is InChI=1S/C30H24N2/c1-5-16-27-23(12-1)24-13-2-6-17-28(24)31(27)21-10-9-11-22(20-21)32-29-18-7-3-14-25(29)26-15-4-8-19-30(26)32/h1-7,9-18,21H,8,19-20H2. The molecule has 0 amide bonds. The Morgan fingerprint density at radius 1 is 0.719 bits per heavy atom. The van der Waals surface area contributed by atoms with Gasteiger partial charge in [0.2, 0.25) is 0 Å². The Kier molecular flexibility index (Phi) is 3.83. The maximum atomic E-state index is 2.54. The molecule has 1 atom stereocenters. The van der Waals surface area contributed by atoms with E-state index >= 15 is 0 Å². The monoisotopic (exact) mass is 412 g/mol. The molecule has 1 unspecified atom stereocenters. The van der Waals surface area contributed by atoms with Crippen LogP contribution in [0.4, 0.5) is 0 Å². The van der Waals surface area contributed by atoms with Crippen LogP contribution in [0, 0.1) is 0 Å². The molecule has 0 spiro atoms. The molecule has 0 radical (unpaired) electrons. The number of rotatable bonds is 2. The van der Waals surface area contributed by atoms with Gasteiger partial charge in [-0.05, 0) is 37.1 Å². The van der Waals surface area contributed by atoms with Gasteiger partial charge in [-0.2, -0.15) is 0 Å². The Hall–Kier alpha value is -3.78. The van der Waals surface area contributed by atoms with Crippen molar-refractivity contribution < 1.29 is 0 Å². The summed E-state index contributed by atoms with van der Waals surface area (Å²) >= 11 is 0. The topological polar surface area (TPSA) is 9.86 Å². The number of nitrogens with zero attached hydrogens (tertiary/aromatic N) is 2. The molecule has 2 heterocycles. The molecule has 0 saturated heterocycles. The molecule has 154 valence electrons. The number of benzene rings is 3. The molecule has 0 aliphatic heterocycles. The van der Waals surface area contributed by atoms with Crippen LogP contribution in [0.2, 0.25) is 0 Å². The molecule has 7 rings (SSSR count). The minimum atomic E-state index is 0.288. The summed E-state index contributed by atoms with van der Waals surface area (Å²) in [5.41, 5.74) is 8.18. The van der Waals surface area contributed by atoms with Crippen molar-refractivity contribution in [2.45, 2.75) is 25.3 Å². The highest BCUT2D eigenvalue weighted by molar-refractivity contribution is 6.08. The van der Waals surface area contributed by atoms with Crippen molar-refractivity contribution in [2.24, 2.45) is 0 Å². The third-order valence-corrected chi connectivity index (χ3v) is 7.12. The summed E-state index contributed by atoms with van der Waals surface area (Å²) in [5.74, 6) is 0. The highest BCUT2D eigenvalue weighted by Crippen LogP contribution is 2.40. The quantitative estimate of drug-likeness (QED) is 0.280. The summed E-state index contributed by atoms with van der Waals surface area (Å²) in [5, 5.41) is 4.03. The highest BCUT2D eigenvalue weighted by Gasteiger charge is 2.24. The van der Waals surface area contributed by atoms with Gasteiger partial charge in [-0.1, -0.05) is 78.9 Å². The first-order valence-electron chi connectivity index (χ1n) is 11.5. The van der Waals surface area contributed by atoms with E-state index in [4.69, 9.17) is 0 Å². The van der Waals surface area contributed by atoms with Crippen molar-refractivity contribution in [3.05, 3.63) is 108 Å². The van der Waals surface area contributed by atoms with Crippen molar-refractivity contribution in [3.8, 4) is 0 Å². The molecule has 5 aromatic rings. The maximum absolute atomic E-state index is 2.54. The average Bonchev–Trinajstić information content (AvgIpc) is 3.37. The van der Waals surface area contributed by atoms with Crippen molar-refractivity contribution in [3.63, 3.8) is 0 Å². The molecule has 2 aromatic heterocycles. The van der Waals surface area contributed by atoms with E-state index in [-0.39, 0.29) is 6.04 Å². The number of aromatic nitrogens is 2. The first-order valence-corrected chi connectivity index (χ1v) is 11.5. The van der Waals surface area contributed by atoms with Crippen molar-refractivity contribution in [1.29, 1.82) is 0 Å². The summed E-state index contributed by atoms with van der Waals surface area (Å²) in [6, 6.07) is 26.8. The van der Waals surface area contributed by atoms with Gasteiger partial charge in [0.15, 0.2) is 0 Å². The van der Waals surface area contributed by atoms with Crippen LogP contribution in [-0.4, -0.2) is 9.13 Å². The van der Waals surface area contributed by atoms with Crippen molar-refractivity contribution in [2.75, 3.05) is 0 Å². The second-order valence-corrected chi connectivity index (χ2v) is 8.87. The van der Waals surface area contributed by atoms with E-state index in [1.165, 1.54) is 49.7 Å². The van der Waals surface area contributed by atoms with Gasteiger partial charge in [-0.15, -0.1) is 0 Å². The number of hydrogen-bond acceptors (Lipinski definition) is 0. The summed E-state index contributed by atoms with van der Waals surface area (Å²) in [6.07, 6.45) is 14.8. The zero-order valence-corrected chi connectivity index (χ0v) is 17.9. The molecule has 2 nitrogen and oxygen atoms in total. The zero-order valence-electron chi connectivity index (χ0n) is 17.9. The molecule has 3 aromatic carbocycles. The van der Waals surface area contributed by atoms with Crippen molar-refractivity contribution in [1.82, 2.24) is 9.13 Å². The van der Waals surface area contributed by atoms with Crippen LogP contribution in [0.1, 0.15) is 30.1 Å². The molecule has 0 bridgehead atoms. The number of para-hydroxylation sites is 3. The fraction of sp³-hybridized carbons (Fsp3) is 0.133. The summed E-state index contributed by atoms with van der Waals surface area (Å²) < 4.78 is 5.07. The normalized spacial score (nSPS) is 17.9. The molecule has 2 heteroatoms. The van der Waals surface area contributed by atoms with Gasteiger partial charge >= 0.3 is 0 Å². The number of fused-ring (bicyclic) bond motifs is 6. The van der Waals surface area contributed by atoms with Gasteiger partial charge in [-0.25, -0.2) is 0 Å². The Morgan fingerprint density at radius 2 is 1.38 bits per heavy atom. The minimum absolute atomic E-state index is 0.288. The summed E-state index contributed by atoms with van der Waals surface area (Å²) in [6.45, 7) is 0. The van der Waals surface area contributed by atoms with Crippen LogP contribution in [0.5, 0.6) is 0 Å². The second kappa shape index (κ2) is 6.86. The van der Waals surface area contributed by atoms with Gasteiger partial charge in [0.05, 0.1) is 11.6 Å². The first-order chi connectivity index (χ1) is 15.9. The molecule has 0 N–H and O–H groups in total. The van der Waals surface area contributed by atoms with Crippen LogP contribution >= 0.6 is 0 Å². The Labute approximate surface area is 187 Å². The van der Waals surface area contributed by atoms with Gasteiger partial charge < -0.3 is 9.13 Å². The van der Waals surface area contributed by atoms with Gasteiger partial charge in [-0.3, -0.25) is 0 Å². The third kappa shape index (κ3) is 2.47. The lowest BCUT2D eigenvalue weighted by atomic mass is 10.0. The van der Waals surface area contributed by atoms with Gasteiger partial charge in [0, 0.05) is 50.6 Å². The fourth-order valence-electron chi connectivity index (χ4n) is 5.80. The lowest BCUT2D eigenvalue weighted by Crippen LogP contribution is -2.13. The van der Waals surface area contributed by atoms with Crippen molar-refractivity contribution >= 4 is 44.5 Å². The Morgan fingerprint density at radius 3 is 2.12 bits per heavy atom. The zero-order chi connectivity index (χ0) is 21.1. The van der Waals surface area contributed by atoms with Crippen LogP contribution in [0.25, 0.3) is 44.5 Å². The summed E-state index contributed by atoms with van der Waals surface area (Å²) in [4.78, 5) is 0. The highest BCUT2D eigenvalue weighted by atomic mass is 15.1. The van der Waals surface area contributed by atoms with Crippen LogP contribution in [0.3, 0.4) is 0 Å². The van der Waals surface area contributed by atoms with Gasteiger partial charge in [0.1, 0.15) is 0 Å². The lowest BCUT2D eigenvalue weighted by molar-refractivity contribution is 0.641. The largest absolute Gasteiger partial charge is 0.333 e. The van der Waals surface area contributed by atoms with E-state index in [9.17, 15) is 0 Å². The van der Waals surface area contributed by atoms with Crippen LogP contribution in [-0.2, 0) is 6.42 Å². The van der Waals surface area contributed by atoms with E-state index in [0.717, 1.165) is 19.3 Å². The third-order valence-electron chi connectivity index (χ3n) is 7.12. The SMILES string of the molecule is C1=CC(n2c3ccccc3c3ccccc32)CC(n2c3c(c4ccccc42)C=CCC3)=C1. The molecular formula is C30H24N2. The molecular weight excluding hydrogens is 388 g/mol. The Bertz CT molecular complexity index is 1550. The van der Waals surface area contributed by atoms with Crippen LogP contribution in [0.15, 0.2) is 97.1 Å². The van der Waals surface area contributed by atoms with E-state index in [2.05, 4.69) is 112 Å². The maximum Gasteiger partial charge on any atom is 0.0580 e. The molecule has 0 saturated carbocycles. The second-order valence-electron chi connectivity index (χ2n) is 8.87. The van der Waals surface area contributed by atoms with E-state index in [0.29, 0.717) is 0 Å². The van der Waals surface area contributed by atoms with Gasteiger partial charge in [0.25, 0.3) is 0 Å². The van der Waals surface area contributed by atoms with E-state index in [1.807, 2.05) is 0 Å². The Balaban J connectivity index is 1.41. The molecule has 2 aliphatic carbocycles. The lowest BCUT2D eigenvalue weighted by Gasteiger charge is -2.25. The number of allylic oxidation sites excluding steroid dienone is 5. The predicted octanol–water partition coefficient (Wildman–Crippen LogP) is 7.75. The molecule has 2 aliphatic rings. The number of hydrogen-bond donors (Lipinski definition) is 0. The predicted molar refractivity (Wildman–Crippen MR) is 136 cm³/mol.